The summed E-state index contributed by atoms with van der Waals surface area (Å²) >= 11 is 0. The van der Waals surface area contributed by atoms with E-state index in [1.807, 2.05) is 96.9 Å². The fourth-order valence-corrected chi connectivity index (χ4v) is 10.0. The first-order chi connectivity index (χ1) is 41.3. The number of para-hydroxylation sites is 1. The molecule has 0 bridgehead atoms. The van der Waals surface area contributed by atoms with Crippen LogP contribution in [0.3, 0.4) is 0 Å². The van der Waals surface area contributed by atoms with Crippen LogP contribution >= 0.6 is 0 Å². The van der Waals surface area contributed by atoms with Gasteiger partial charge in [0, 0.05) is 28.9 Å². The summed E-state index contributed by atoms with van der Waals surface area (Å²) < 4.78 is 2.26. The number of fused-ring (bicyclic) bond motifs is 10. The van der Waals surface area contributed by atoms with Crippen LogP contribution in [0.15, 0.2) is 212 Å². The molecule has 0 unspecified atom stereocenters. The van der Waals surface area contributed by atoms with Gasteiger partial charge in [-0.1, -0.05) is 307 Å². The van der Waals surface area contributed by atoms with Gasteiger partial charge in [-0.15, -0.1) is 0 Å². The first kappa shape index (κ1) is 73.1. The molecular weight excluding hydrogens is 1020 g/mol. The number of hydrogen-bond acceptors (Lipinski definition) is 0. The van der Waals surface area contributed by atoms with Gasteiger partial charge in [0.15, 0.2) is 0 Å². The molecule has 1 nitrogen and oxygen atoms in total. The van der Waals surface area contributed by atoms with Crippen molar-refractivity contribution in [2.24, 2.45) is 7.05 Å². The Morgan fingerprint density at radius 2 is 0.553 bits per heavy atom. The van der Waals surface area contributed by atoms with Crippen molar-refractivity contribution in [3.05, 3.63) is 262 Å². The van der Waals surface area contributed by atoms with Crippen LogP contribution in [0.5, 0.6) is 0 Å². The fourth-order valence-electron chi connectivity index (χ4n) is 10.0. The Labute approximate surface area is 516 Å². The summed E-state index contributed by atoms with van der Waals surface area (Å²) in [5.41, 5.74) is 14.6. The smallest absolute Gasteiger partial charge is 0.0491 e. The van der Waals surface area contributed by atoms with Crippen LogP contribution in [-0.2, 0) is 7.05 Å². The Morgan fingerprint density at radius 3 is 1.08 bits per heavy atom. The molecule has 1 heterocycles. The van der Waals surface area contributed by atoms with Crippen LogP contribution in [0.1, 0.15) is 147 Å². The van der Waals surface area contributed by atoms with E-state index in [9.17, 15) is 0 Å². The van der Waals surface area contributed by atoms with E-state index < -0.39 is 0 Å². The molecule has 0 aliphatic carbocycles. The summed E-state index contributed by atoms with van der Waals surface area (Å²) in [6.45, 7) is 47.4. The van der Waals surface area contributed by atoms with Crippen molar-refractivity contribution in [3.63, 3.8) is 0 Å². The number of benzene rings is 12. The molecule has 0 atom stereocenters. The molecule has 1 heteroatoms. The van der Waals surface area contributed by atoms with E-state index in [0.29, 0.717) is 0 Å². The van der Waals surface area contributed by atoms with Gasteiger partial charge in [0.2, 0.25) is 0 Å². The van der Waals surface area contributed by atoms with E-state index in [1.165, 1.54) is 137 Å². The lowest BCUT2D eigenvalue weighted by Crippen LogP contribution is -1.86. The van der Waals surface area contributed by atoms with Crippen molar-refractivity contribution in [3.8, 4) is 0 Å². The van der Waals surface area contributed by atoms with Crippen molar-refractivity contribution in [1.29, 1.82) is 0 Å². The maximum atomic E-state index is 2.30. The number of nitrogens with zero attached hydrogens (tertiary/aromatic N) is 1. The van der Waals surface area contributed by atoms with Gasteiger partial charge in [-0.25, -0.2) is 0 Å². The predicted octanol–water partition coefficient (Wildman–Crippen LogP) is 27.0. The molecular formula is C84H107N. The first-order valence-corrected chi connectivity index (χ1v) is 32.0. The second-order valence-electron chi connectivity index (χ2n) is 19.7. The predicted molar refractivity (Wildman–Crippen MR) is 393 cm³/mol. The molecule has 13 rings (SSSR count). The average Bonchev–Trinajstić information content (AvgIpc) is 2.50. The Balaban J connectivity index is 0.000000345. The molecule has 1 aromatic heterocycles. The summed E-state index contributed by atoms with van der Waals surface area (Å²) in [4.78, 5) is 0. The summed E-state index contributed by atoms with van der Waals surface area (Å²) in [6, 6.07) is 76.4. The van der Waals surface area contributed by atoms with Gasteiger partial charge in [-0.05, 0) is 179 Å². The van der Waals surface area contributed by atoms with E-state index in [1.54, 1.807) is 0 Å². The van der Waals surface area contributed by atoms with Crippen molar-refractivity contribution >= 4 is 86.4 Å². The quantitative estimate of drug-likeness (QED) is 0.105. The minimum Gasteiger partial charge on any atom is -0.344 e. The highest BCUT2D eigenvalue weighted by Gasteiger charge is 2.07. The van der Waals surface area contributed by atoms with Crippen molar-refractivity contribution < 1.29 is 0 Å². The summed E-state index contributed by atoms with van der Waals surface area (Å²) in [6.07, 6.45) is 0. The van der Waals surface area contributed by atoms with Gasteiger partial charge in [0.1, 0.15) is 0 Å². The summed E-state index contributed by atoms with van der Waals surface area (Å²) in [5, 5.41) is 18.9. The zero-order valence-electron chi connectivity index (χ0n) is 57.2. The highest BCUT2D eigenvalue weighted by atomic mass is 14.9. The van der Waals surface area contributed by atoms with Gasteiger partial charge in [-0.2, -0.15) is 0 Å². The van der Waals surface area contributed by atoms with Crippen LogP contribution in [0.4, 0.5) is 0 Å². The monoisotopic (exact) mass is 1130 g/mol. The number of aromatic nitrogens is 1. The van der Waals surface area contributed by atoms with Crippen LogP contribution in [0, 0.1) is 62.3 Å². The van der Waals surface area contributed by atoms with Gasteiger partial charge >= 0.3 is 0 Å². The Bertz CT molecular complexity index is 3940. The second kappa shape index (κ2) is 38.8. The molecule has 0 spiro atoms. The normalized spacial score (nSPS) is 9.65. The number of rotatable bonds is 0. The van der Waals surface area contributed by atoms with E-state index in [2.05, 4.69) is 286 Å². The van der Waals surface area contributed by atoms with Crippen LogP contribution < -0.4 is 0 Å². The topological polar surface area (TPSA) is 4.93 Å². The minimum absolute atomic E-state index is 1.30. The largest absolute Gasteiger partial charge is 0.344 e. The maximum absolute atomic E-state index is 2.30. The SMILES string of the molecule is CC.CC.CC.CC.CC.CC.CC.Cc1ccc(C)c2cc3ccccc3cc12.Cc1ccc2c(C)cccc2c1.Cc1ccc2c3ccccc3n(C)c2c1.Cc1ccc2cc(C)c3ccccc3c2c1.Cc1ccc2ccc(C)cc2c1. The molecule has 12 aromatic carbocycles. The molecule has 0 aliphatic rings. The van der Waals surface area contributed by atoms with Gasteiger partial charge < -0.3 is 4.57 Å². The van der Waals surface area contributed by atoms with Crippen molar-refractivity contribution in [2.45, 2.75) is 159 Å². The summed E-state index contributed by atoms with van der Waals surface area (Å²) in [7, 11) is 2.13. The van der Waals surface area contributed by atoms with E-state index in [-0.39, 0.29) is 0 Å². The third-order valence-corrected chi connectivity index (χ3v) is 14.0. The molecule has 85 heavy (non-hydrogen) atoms. The Kier molecular flexibility index (Phi) is 33.3. The fraction of sp³-hybridized carbons (Fsp3) is 0.286. The highest BCUT2D eigenvalue weighted by Crippen LogP contribution is 2.31. The van der Waals surface area contributed by atoms with Crippen molar-refractivity contribution in [2.75, 3.05) is 0 Å². The lowest BCUT2D eigenvalue weighted by molar-refractivity contribution is 1.01. The molecule has 0 radical (unpaired) electrons. The minimum atomic E-state index is 1.30. The van der Waals surface area contributed by atoms with Crippen molar-refractivity contribution in [1.82, 2.24) is 4.57 Å². The molecule has 0 saturated carbocycles. The second-order valence-corrected chi connectivity index (χ2v) is 19.7. The summed E-state index contributed by atoms with van der Waals surface area (Å²) in [5.74, 6) is 0. The lowest BCUT2D eigenvalue weighted by atomic mass is 9.97. The van der Waals surface area contributed by atoms with E-state index in [0.717, 1.165) is 0 Å². The van der Waals surface area contributed by atoms with E-state index >= 15 is 0 Å². The number of aryl methyl sites for hydroxylation is 10. The Morgan fingerprint density at radius 1 is 0.188 bits per heavy atom. The van der Waals surface area contributed by atoms with Gasteiger partial charge in [0.05, 0.1) is 0 Å². The standard InChI is InChI=1S/2C16H14.C14H13N.2C12H12.7C2H6/c1-11-7-8-12(2)16-10-14-6-4-3-5-13(14)9-15(11)16;1-11-7-8-13-10-12(2)14-5-3-4-6-15(14)16(13)9-11;1-10-7-8-12-11-5-3-4-6-13(11)15(2)14(12)9-10;1-9-3-5-11-6-4-10(2)8-12(11)7-9;1-9-6-7-12-10(2)4-3-5-11(12)8-9;7*1-2/h2*3-10H,1-2H3;3-9H,1-2H3;2*3-8H,1-2H3;7*1-2H3. The first-order valence-electron chi connectivity index (χ1n) is 32.0. The molecule has 0 saturated heterocycles. The highest BCUT2D eigenvalue weighted by molar-refractivity contribution is 6.10. The third-order valence-electron chi connectivity index (χ3n) is 14.0. The Hall–Kier alpha value is -8.00. The molecule has 0 fully saturated rings. The van der Waals surface area contributed by atoms with E-state index in [4.69, 9.17) is 0 Å². The zero-order chi connectivity index (χ0) is 63.8. The molecule has 0 N–H and O–H groups in total. The molecule has 0 aliphatic heterocycles. The van der Waals surface area contributed by atoms with Crippen LogP contribution in [-0.4, -0.2) is 4.57 Å². The molecule has 448 valence electrons. The molecule has 13 aromatic rings. The zero-order valence-corrected chi connectivity index (χ0v) is 57.2. The molecule has 0 amide bonds. The van der Waals surface area contributed by atoms with Gasteiger partial charge in [0.25, 0.3) is 0 Å². The van der Waals surface area contributed by atoms with Gasteiger partial charge in [-0.3, -0.25) is 0 Å². The maximum Gasteiger partial charge on any atom is 0.0491 e. The lowest BCUT2D eigenvalue weighted by Gasteiger charge is -2.07. The number of hydrogen-bond donors (Lipinski definition) is 0. The third kappa shape index (κ3) is 19.8. The van der Waals surface area contributed by atoms with Crippen LogP contribution in [0.2, 0.25) is 0 Å². The average molecular weight is 1130 g/mol. The van der Waals surface area contributed by atoms with Crippen LogP contribution in [0.25, 0.3) is 86.4 Å².